The molecule has 0 bridgehead atoms. The predicted octanol–water partition coefficient (Wildman–Crippen LogP) is 7.50. The number of alkyl halides is 3. The standard InChI is InChI=1S/C33H47F3O4S/c1-4-32(38)17-15-25-22(20-32)10-11-27-26(25)14-16-31(3)28(12-13-29(27)31)21(2)18-24(19-30(37)33(34,35)36)41(39,40)23-8-6-5-7-9-23/h5-10,21,24-30,37-38H,4,11-20H2,1-3H3/t21-,24?,25+,26?,27-,28-,29+,30+,31-,32+/m1/s1. The van der Waals surface area contributed by atoms with E-state index in [9.17, 15) is 31.8 Å². The molecule has 0 aromatic heterocycles. The minimum absolute atomic E-state index is 0.00911. The number of allylic oxidation sites excluding steroid dienone is 1. The number of hydrogen-bond acceptors (Lipinski definition) is 4. The van der Waals surface area contributed by atoms with Crippen molar-refractivity contribution < 1.29 is 31.8 Å². The summed E-state index contributed by atoms with van der Waals surface area (Å²) in [5, 5.41) is 19.6. The van der Waals surface area contributed by atoms with Crippen LogP contribution >= 0.6 is 0 Å². The zero-order valence-corrected chi connectivity index (χ0v) is 25.4. The summed E-state index contributed by atoms with van der Waals surface area (Å²) in [6, 6.07) is 7.69. The van der Waals surface area contributed by atoms with Gasteiger partial charge in [0.2, 0.25) is 0 Å². The maximum Gasteiger partial charge on any atom is 0.414 e. The second kappa shape index (κ2) is 11.3. The largest absolute Gasteiger partial charge is 0.414 e. The molecule has 0 heterocycles. The fourth-order valence-corrected chi connectivity index (χ4v) is 11.7. The monoisotopic (exact) mass is 596 g/mol. The van der Waals surface area contributed by atoms with Crippen molar-refractivity contribution in [3.63, 3.8) is 0 Å². The number of sulfone groups is 1. The maximum atomic E-state index is 13.6. The molecule has 0 radical (unpaired) electrons. The summed E-state index contributed by atoms with van der Waals surface area (Å²) in [5.41, 5.74) is 0.905. The van der Waals surface area contributed by atoms with Gasteiger partial charge in [-0.25, -0.2) is 8.42 Å². The molecule has 41 heavy (non-hydrogen) atoms. The molecule has 0 spiro atoms. The fourth-order valence-electron chi connectivity index (χ4n) is 9.76. The Bertz CT molecular complexity index is 1210. The molecule has 3 saturated carbocycles. The van der Waals surface area contributed by atoms with Crippen LogP contribution in [0.4, 0.5) is 13.2 Å². The van der Waals surface area contributed by atoms with Gasteiger partial charge in [0.1, 0.15) is 0 Å². The van der Waals surface area contributed by atoms with Gasteiger partial charge < -0.3 is 10.2 Å². The van der Waals surface area contributed by atoms with E-state index in [1.54, 1.807) is 18.2 Å². The van der Waals surface area contributed by atoms with Crippen LogP contribution in [0, 0.1) is 40.9 Å². The molecule has 3 fully saturated rings. The van der Waals surface area contributed by atoms with Crippen LogP contribution in [0.25, 0.3) is 0 Å². The van der Waals surface area contributed by atoms with Crippen molar-refractivity contribution in [2.75, 3.05) is 0 Å². The van der Waals surface area contributed by atoms with Crippen molar-refractivity contribution in [3.05, 3.63) is 42.0 Å². The highest BCUT2D eigenvalue weighted by atomic mass is 32.2. The summed E-state index contributed by atoms with van der Waals surface area (Å²) >= 11 is 0. The lowest BCUT2D eigenvalue weighted by molar-refractivity contribution is -0.205. The number of hydrogen-bond donors (Lipinski definition) is 2. The van der Waals surface area contributed by atoms with Crippen LogP contribution in [-0.2, 0) is 9.84 Å². The normalized spacial score (nSPS) is 37.8. The van der Waals surface area contributed by atoms with Gasteiger partial charge in [-0.3, -0.25) is 0 Å². The van der Waals surface area contributed by atoms with Gasteiger partial charge in [0, 0.05) is 0 Å². The van der Waals surface area contributed by atoms with Crippen LogP contribution in [0.5, 0.6) is 0 Å². The minimum atomic E-state index is -4.87. The first-order chi connectivity index (χ1) is 19.2. The molecular weight excluding hydrogens is 549 g/mol. The Hall–Kier alpha value is -1.38. The molecule has 1 aromatic rings. The van der Waals surface area contributed by atoms with E-state index in [4.69, 9.17) is 0 Å². The summed E-state index contributed by atoms with van der Waals surface area (Å²) in [5.74, 6) is 2.40. The second-order valence-electron chi connectivity index (χ2n) is 14.1. The zero-order valence-electron chi connectivity index (χ0n) is 24.6. The van der Waals surface area contributed by atoms with E-state index < -0.39 is 39.4 Å². The van der Waals surface area contributed by atoms with Crippen molar-refractivity contribution in [2.24, 2.45) is 40.9 Å². The van der Waals surface area contributed by atoms with Gasteiger partial charge in [-0.15, -0.1) is 0 Å². The van der Waals surface area contributed by atoms with Crippen molar-refractivity contribution in [2.45, 2.75) is 119 Å². The average Bonchev–Trinajstić information content (AvgIpc) is 3.29. The van der Waals surface area contributed by atoms with E-state index in [0.717, 1.165) is 57.8 Å². The third kappa shape index (κ3) is 5.78. The number of rotatable bonds is 8. The lowest BCUT2D eigenvalue weighted by atomic mass is 9.50. The quantitative estimate of drug-likeness (QED) is 0.305. The van der Waals surface area contributed by atoms with Gasteiger partial charge in [0.25, 0.3) is 0 Å². The van der Waals surface area contributed by atoms with Crippen LogP contribution in [0.15, 0.2) is 46.9 Å². The van der Waals surface area contributed by atoms with Crippen LogP contribution in [0.1, 0.15) is 91.4 Å². The predicted molar refractivity (Wildman–Crippen MR) is 154 cm³/mol. The average molecular weight is 597 g/mol. The first-order valence-corrected chi connectivity index (χ1v) is 17.2. The highest BCUT2D eigenvalue weighted by Crippen LogP contribution is 2.65. The Morgan fingerprint density at radius 2 is 1.73 bits per heavy atom. The third-order valence-corrected chi connectivity index (χ3v) is 14.2. The molecule has 4 aliphatic rings. The second-order valence-corrected chi connectivity index (χ2v) is 16.3. The summed E-state index contributed by atoms with van der Waals surface area (Å²) in [6.45, 7) is 6.44. The lowest BCUT2D eigenvalue weighted by Gasteiger charge is -2.55. The molecule has 5 rings (SSSR count). The number of aliphatic hydroxyl groups excluding tert-OH is 1. The van der Waals surface area contributed by atoms with E-state index >= 15 is 0 Å². The van der Waals surface area contributed by atoms with Crippen LogP contribution in [0.2, 0.25) is 0 Å². The van der Waals surface area contributed by atoms with E-state index in [2.05, 4.69) is 19.9 Å². The van der Waals surface area contributed by atoms with E-state index in [1.807, 2.05) is 6.92 Å². The zero-order chi connectivity index (χ0) is 29.8. The van der Waals surface area contributed by atoms with E-state index in [0.29, 0.717) is 23.7 Å². The molecule has 2 unspecified atom stereocenters. The van der Waals surface area contributed by atoms with Crippen molar-refractivity contribution in [1.29, 1.82) is 0 Å². The molecule has 230 valence electrons. The maximum absolute atomic E-state index is 13.6. The molecule has 0 aliphatic heterocycles. The Morgan fingerprint density at radius 1 is 1.02 bits per heavy atom. The number of halogens is 3. The molecule has 2 N–H and O–H groups in total. The van der Waals surface area contributed by atoms with Crippen LogP contribution < -0.4 is 0 Å². The van der Waals surface area contributed by atoms with Gasteiger partial charge in [0.05, 0.1) is 15.7 Å². The lowest BCUT2D eigenvalue weighted by Crippen LogP contribution is -2.48. The molecule has 10 atom stereocenters. The van der Waals surface area contributed by atoms with Crippen LogP contribution in [-0.4, -0.2) is 41.8 Å². The topological polar surface area (TPSA) is 74.6 Å². The Morgan fingerprint density at radius 3 is 2.39 bits per heavy atom. The van der Waals surface area contributed by atoms with Crippen LogP contribution in [0.3, 0.4) is 0 Å². The van der Waals surface area contributed by atoms with Gasteiger partial charge >= 0.3 is 6.18 Å². The molecule has 4 aliphatic carbocycles. The fraction of sp³-hybridized carbons (Fsp3) is 0.758. The molecular formula is C33H47F3O4S. The highest BCUT2D eigenvalue weighted by Gasteiger charge is 2.57. The number of aliphatic hydroxyl groups is 2. The highest BCUT2D eigenvalue weighted by molar-refractivity contribution is 7.92. The summed E-state index contributed by atoms with van der Waals surface area (Å²) < 4.78 is 67.4. The van der Waals surface area contributed by atoms with Gasteiger partial charge in [-0.1, -0.05) is 50.6 Å². The minimum Gasteiger partial charge on any atom is -0.390 e. The number of fused-ring (bicyclic) bond motifs is 5. The molecule has 0 saturated heterocycles. The molecule has 4 nitrogen and oxygen atoms in total. The number of benzene rings is 1. The SMILES string of the molecule is CC[C@]1(O)CC[C@H]2C(=CC[C@@H]3C2CC[C@]2(C)[C@@H]([C@H](C)CC(C[C@H](O)C(F)(F)F)S(=O)(=O)c4ccccc4)CC[C@@H]32)C1. The summed E-state index contributed by atoms with van der Waals surface area (Å²) in [4.78, 5) is 0.00911. The molecule has 1 aromatic carbocycles. The molecule has 0 amide bonds. The Labute approximate surface area is 243 Å². The van der Waals surface area contributed by atoms with Crippen molar-refractivity contribution >= 4 is 9.84 Å². The smallest absolute Gasteiger partial charge is 0.390 e. The van der Waals surface area contributed by atoms with E-state index in [1.165, 1.54) is 17.7 Å². The van der Waals surface area contributed by atoms with Gasteiger partial charge in [-0.2, -0.15) is 13.2 Å². The Balaban J connectivity index is 1.35. The first-order valence-electron chi connectivity index (χ1n) is 15.6. The summed E-state index contributed by atoms with van der Waals surface area (Å²) in [6.07, 6.45) is 2.84. The first kappa shape index (κ1) is 31.1. The third-order valence-electron chi connectivity index (χ3n) is 12.0. The Kier molecular flexibility index (Phi) is 8.54. The molecule has 8 heteroatoms. The van der Waals surface area contributed by atoms with E-state index in [-0.39, 0.29) is 28.6 Å². The van der Waals surface area contributed by atoms with Gasteiger partial charge in [0.15, 0.2) is 15.9 Å². The van der Waals surface area contributed by atoms with Crippen molar-refractivity contribution in [1.82, 2.24) is 0 Å². The summed E-state index contributed by atoms with van der Waals surface area (Å²) in [7, 11) is -4.06. The van der Waals surface area contributed by atoms with Gasteiger partial charge in [-0.05, 0) is 124 Å². The van der Waals surface area contributed by atoms with Crippen molar-refractivity contribution in [3.8, 4) is 0 Å².